The number of phenols is 1. The Balaban J connectivity index is 1.82. The molecule has 0 spiro atoms. The molecule has 1 aliphatic rings. The fourth-order valence-corrected chi connectivity index (χ4v) is 3.16. The lowest BCUT2D eigenvalue weighted by atomic mass is 10.0. The molecule has 0 radical (unpaired) electrons. The summed E-state index contributed by atoms with van der Waals surface area (Å²) < 4.78 is 1.15. The van der Waals surface area contributed by atoms with E-state index in [2.05, 4.69) is 31.2 Å². The Bertz CT molecular complexity index is 972. The quantitative estimate of drug-likeness (QED) is 0.635. The Morgan fingerprint density at radius 2 is 1.96 bits per heavy atom. The van der Waals surface area contributed by atoms with Gasteiger partial charge in [0.05, 0.1) is 11.9 Å². The van der Waals surface area contributed by atoms with Crippen LogP contribution < -0.4 is 5.32 Å². The van der Waals surface area contributed by atoms with Gasteiger partial charge in [-0.2, -0.15) is 0 Å². The van der Waals surface area contributed by atoms with Gasteiger partial charge >= 0.3 is 0 Å². The maximum atomic E-state index is 12.5. The Morgan fingerprint density at radius 3 is 2.61 bits per heavy atom. The Labute approximate surface area is 173 Å². The highest BCUT2D eigenvalue weighted by molar-refractivity contribution is 9.11. The van der Waals surface area contributed by atoms with Gasteiger partial charge in [0, 0.05) is 12.0 Å². The molecule has 6 heteroatoms. The molecule has 28 heavy (non-hydrogen) atoms. The number of carbonyl (C=O) groups excluding carboxylic acids is 1. The van der Waals surface area contributed by atoms with Crippen molar-refractivity contribution in [2.45, 2.75) is 33.1 Å². The third kappa shape index (κ3) is 5.39. The first kappa shape index (κ1) is 20.0. The summed E-state index contributed by atoms with van der Waals surface area (Å²) in [6.45, 7) is 3.94. The molecule has 3 rings (SSSR count). The lowest BCUT2D eigenvalue weighted by molar-refractivity contribution is -0.115. The van der Waals surface area contributed by atoms with Crippen molar-refractivity contribution in [3.8, 4) is 17.0 Å². The van der Waals surface area contributed by atoms with Crippen molar-refractivity contribution >= 4 is 33.7 Å². The molecule has 2 N–H and O–H groups in total. The van der Waals surface area contributed by atoms with E-state index in [1.54, 1.807) is 30.5 Å². The normalized spacial score (nSPS) is 13.4. The fraction of sp³-hybridized carbons (Fsp3) is 0.227. The third-order valence-corrected chi connectivity index (χ3v) is 4.88. The second-order valence-electron chi connectivity index (χ2n) is 6.92. The van der Waals surface area contributed by atoms with Gasteiger partial charge in [-0.05, 0) is 61.5 Å². The van der Waals surface area contributed by atoms with Crippen LogP contribution in [-0.2, 0) is 4.79 Å². The van der Waals surface area contributed by atoms with Crippen LogP contribution in [0.1, 0.15) is 38.8 Å². The second kappa shape index (κ2) is 8.97. The molecule has 0 saturated heterocycles. The monoisotopic (exact) mass is 439 g/mol. The predicted octanol–water partition coefficient (Wildman–Crippen LogP) is 5.60. The van der Waals surface area contributed by atoms with Crippen molar-refractivity contribution < 1.29 is 9.90 Å². The van der Waals surface area contributed by atoms with Crippen LogP contribution in [0.5, 0.6) is 5.75 Å². The van der Waals surface area contributed by atoms with Crippen molar-refractivity contribution in [3.05, 3.63) is 63.9 Å². The maximum absolute atomic E-state index is 12.5. The number of phenolic OH excluding ortho intramolecular Hbond substituents is 1. The number of benzene rings is 1. The molecule has 1 aliphatic carbocycles. The van der Waals surface area contributed by atoms with Gasteiger partial charge in [0.1, 0.15) is 11.4 Å². The summed E-state index contributed by atoms with van der Waals surface area (Å²) in [5, 5.41) is 12.4. The van der Waals surface area contributed by atoms with Crippen LogP contribution in [0.25, 0.3) is 17.3 Å². The number of amides is 1. The number of anilines is 1. The van der Waals surface area contributed by atoms with Crippen molar-refractivity contribution in [3.63, 3.8) is 0 Å². The van der Waals surface area contributed by atoms with Crippen molar-refractivity contribution in [1.29, 1.82) is 0 Å². The molecule has 1 aromatic carbocycles. The van der Waals surface area contributed by atoms with Crippen molar-refractivity contribution in [2.75, 3.05) is 5.32 Å². The summed E-state index contributed by atoms with van der Waals surface area (Å²) in [5.74, 6) is 0.540. The highest BCUT2D eigenvalue weighted by atomic mass is 79.9. The third-order valence-electron chi connectivity index (χ3n) is 4.22. The van der Waals surface area contributed by atoms with Gasteiger partial charge in [-0.25, -0.2) is 9.97 Å². The SMILES string of the molecule is CC(C)=Cc1nc(-c2ccc(O)cc2)cnc1NC(=O)CC1=CC=C(Br)CC1. The van der Waals surface area contributed by atoms with E-state index in [9.17, 15) is 9.90 Å². The molecule has 2 aromatic rings. The number of nitrogens with zero attached hydrogens (tertiary/aromatic N) is 2. The number of nitrogens with one attached hydrogen (secondary N) is 1. The highest BCUT2D eigenvalue weighted by Crippen LogP contribution is 2.26. The number of carbonyl (C=O) groups is 1. The number of halogens is 1. The molecular weight excluding hydrogens is 418 g/mol. The van der Waals surface area contributed by atoms with Crippen LogP contribution >= 0.6 is 15.9 Å². The van der Waals surface area contributed by atoms with E-state index in [0.29, 0.717) is 23.6 Å². The average Bonchev–Trinajstić information content (AvgIpc) is 2.65. The molecule has 0 unspecified atom stereocenters. The Hall–Kier alpha value is -2.73. The minimum atomic E-state index is -0.104. The summed E-state index contributed by atoms with van der Waals surface area (Å²) in [4.78, 5) is 21.6. The lowest BCUT2D eigenvalue weighted by Gasteiger charge is -2.13. The van der Waals surface area contributed by atoms with Crippen LogP contribution in [0.3, 0.4) is 0 Å². The summed E-state index contributed by atoms with van der Waals surface area (Å²) in [6, 6.07) is 6.78. The van der Waals surface area contributed by atoms with Gasteiger partial charge in [0.15, 0.2) is 5.82 Å². The van der Waals surface area contributed by atoms with Crippen LogP contribution in [0.2, 0.25) is 0 Å². The van der Waals surface area contributed by atoms with Gasteiger partial charge in [-0.1, -0.05) is 39.2 Å². The van der Waals surface area contributed by atoms with Crippen LogP contribution in [0.15, 0.2) is 58.2 Å². The minimum absolute atomic E-state index is 0.104. The zero-order valence-corrected chi connectivity index (χ0v) is 17.5. The van der Waals surface area contributed by atoms with E-state index in [1.807, 2.05) is 32.1 Å². The van der Waals surface area contributed by atoms with Gasteiger partial charge in [-0.3, -0.25) is 4.79 Å². The zero-order chi connectivity index (χ0) is 20.1. The molecule has 144 valence electrons. The van der Waals surface area contributed by atoms with Crippen molar-refractivity contribution in [1.82, 2.24) is 9.97 Å². The predicted molar refractivity (Wildman–Crippen MR) is 116 cm³/mol. The Kier molecular flexibility index (Phi) is 6.41. The summed E-state index contributed by atoms with van der Waals surface area (Å²) in [5.41, 5.74) is 4.28. The van der Waals surface area contributed by atoms with Crippen molar-refractivity contribution in [2.24, 2.45) is 0 Å². The lowest BCUT2D eigenvalue weighted by Crippen LogP contribution is -2.15. The molecule has 0 atom stereocenters. The molecule has 1 heterocycles. The molecule has 0 fully saturated rings. The number of allylic oxidation sites excluding steroid dienone is 4. The average molecular weight is 440 g/mol. The first-order chi connectivity index (χ1) is 13.4. The van der Waals surface area contributed by atoms with E-state index in [-0.39, 0.29) is 11.7 Å². The van der Waals surface area contributed by atoms with Gasteiger partial charge in [0.25, 0.3) is 0 Å². The number of hydrogen-bond donors (Lipinski definition) is 2. The van der Waals surface area contributed by atoms with E-state index < -0.39 is 0 Å². The molecule has 0 aliphatic heterocycles. The van der Waals surface area contributed by atoms with E-state index >= 15 is 0 Å². The number of rotatable bonds is 5. The second-order valence-corrected chi connectivity index (χ2v) is 7.94. The Morgan fingerprint density at radius 1 is 1.21 bits per heavy atom. The molecule has 1 amide bonds. The zero-order valence-electron chi connectivity index (χ0n) is 15.9. The van der Waals surface area contributed by atoms with E-state index in [0.717, 1.165) is 34.0 Å². The molecule has 5 nitrogen and oxygen atoms in total. The highest BCUT2D eigenvalue weighted by Gasteiger charge is 2.13. The summed E-state index contributed by atoms with van der Waals surface area (Å²) in [6.07, 6.45) is 9.64. The van der Waals surface area contributed by atoms with Crippen LogP contribution in [0.4, 0.5) is 5.82 Å². The molecular formula is C22H22BrN3O2. The summed E-state index contributed by atoms with van der Waals surface area (Å²) >= 11 is 3.48. The topological polar surface area (TPSA) is 75.1 Å². The van der Waals surface area contributed by atoms with Crippen LogP contribution in [-0.4, -0.2) is 21.0 Å². The van der Waals surface area contributed by atoms with E-state index in [4.69, 9.17) is 0 Å². The van der Waals surface area contributed by atoms with Gasteiger partial charge in [-0.15, -0.1) is 0 Å². The van der Waals surface area contributed by atoms with Crippen LogP contribution in [0, 0.1) is 0 Å². The standard InChI is InChI=1S/C22H22BrN3O2/c1-14(2)11-19-22(26-21(28)12-15-3-7-17(23)8-4-15)24-13-20(25-19)16-5-9-18(27)10-6-16/h3,5-7,9-11,13,27H,4,8,12H2,1-2H3,(H,24,26,28). The number of aromatic hydroxyl groups is 1. The summed E-state index contributed by atoms with van der Waals surface area (Å²) in [7, 11) is 0. The van der Waals surface area contributed by atoms with Gasteiger partial charge < -0.3 is 10.4 Å². The smallest absolute Gasteiger partial charge is 0.229 e. The first-order valence-electron chi connectivity index (χ1n) is 9.06. The van der Waals surface area contributed by atoms with Gasteiger partial charge in [0.2, 0.25) is 5.91 Å². The molecule has 0 bridgehead atoms. The van der Waals surface area contributed by atoms with E-state index in [1.165, 1.54) is 0 Å². The number of hydrogen-bond acceptors (Lipinski definition) is 4. The number of aromatic nitrogens is 2. The maximum Gasteiger partial charge on any atom is 0.229 e. The largest absolute Gasteiger partial charge is 0.508 e. The first-order valence-corrected chi connectivity index (χ1v) is 9.85. The minimum Gasteiger partial charge on any atom is -0.508 e. The fourth-order valence-electron chi connectivity index (χ4n) is 2.83. The molecule has 0 saturated carbocycles. The molecule has 1 aromatic heterocycles.